The van der Waals surface area contributed by atoms with Gasteiger partial charge in [0.05, 0.1) is 0 Å². The van der Waals surface area contributed by atoms with Crippen molar-refractivity contribution in [2.24, 2.45) is 5.92 Å². The summed E-state index contributed by atoms with van der Waals surface area (Å²) in [5, 5.41) is 2.30. The molecule has 0 fully saturated rings. The first-order chi connectivity index (χ1) is 12.9. The molecule has 0 aliphatic carbocycles. The van der Waals surface area contributed by atoms with Crippen LogP contribution in [0.2, 0.25) is 0 Å². The van der Waals surface area contributed by atoms with Crippen LogP contribution in [0.4, 0.5) is 13.2 Å². The number of imidazole rings is 1. The molecule has 0 bridgehead atoms. The maximum Gasteiger partial charge on any atom is 0.434 e. The highest BCUT2D eigenvalue weighted by Gasteiger charge is 2.35. The van der Waals surface area contributed by atoms with E-state index in [2.05, 4.69) is 28.0 Å². The Morgan fingerprint density at radius 1 is 1.26 bits per heavy atom. The minimum atomic E-state index is -4.38. The molecule has 27 heavy (non-hydrogen) atoms. The summed E-state index contributed by atoms with van der Waals surface area (Å²) in [7, 11) is 2.06. The molecule has 142 valence electrons. The van der Waals surface area contributed by atoms with Crippen LogP contribution in [0.25, 0.3) is 10.8 Å². The summed E-state index contributed by atoms with van der Waals surface area (Å²) in [6, 6.07) is 8.22. The van der Waals surface area contributed by atoms with Gasteiger partial charge in [-0.25, -0.2) is 4.98 Å². The summed E-state index contributed by atoms with van der Waals surface area (Å²) in [6.45, 7) is 2.21. The molecule has 0 amide bonds. The molecule has 2 aromatic heterocycles. The Bertz CT molecular complexity index is 943. The lowest BCUT2D eigenvalue weighted by atomic mass is 9.98. The van der Waals surface area contributed by atoms with Gasteiger partial charge in [-0.3, -0.25) is 4.98 Å². The minimum absolute atomic E-state index is 0.314. The lowest BCUT2D eigenvalue weighted by Crippen LogP contribution is -2.31. The lowest BCUT2D eigenvalue weighted by Gasteiger charge is -2.28. The summed E-state index contributed by atoms with van der Waals surface area (Å²) in [5.74, 6) is 0.859. The molecule has 0 saturated carbocycles. The van der Waals surface area contributed by atoms with Crippen molar-refractivity contribution >= 4 is 10.8 Å². The van der Waals surface area contributed by atoms with Gasteiger partial charge in [-0.05, 0) is 36.4 Å². The Hall–Kier alpha value is -2.41. The maximum atomic E-state index is 12.9. The zero-order chi connectivity index (χ0) is 19.0. The van der Waals surface area contributed by atoms with E-state index >= 15 is 0 Å². The van der Waals surface area contributed by atoms with Gasteiger partial charge in [0.15, 0.2) is 5.69 Å². The molecule has 4 rings (SSSR count). The largest absolute Gasteiger partial charge is 0.434 e. The van der Waals surface area contributed by atoms with E-state index in [-0.39, 0.29) is 0 Å². The van der Waals surface area contributed by atoms with Crippen LogP contribution in [0.1, 0.15) is 23.5 Å². The van der Waals surface area contributed by atoms with Crippen molar-refractivity contribution in [3.05, 3.63) is 59.9 Å². The van der Waals surface area contributed by atoms with E-state index in [9.17, 15) is 13.2 Å². The monoisotopic (exact) mass is 374 g/mol. The highest BCUT2D eigenvalue weighted by Crippen LogP contribution is 2.31. The van der Waals surface area contributed by atoms with Crippen LogP contribution in [-0.2, 0) is 25.7 Å². The molecule has 1 aromatic carbocycles. The Labute approximate surface area is 155 Å². The molecular formula is C20H21F3N4. The van der Waals surface area contributed by atoms with E-state index in [4.69, 9.17) is 0 Å². The van der Waals surface area contributed by atoms with Gasteiger partial charge < -0.3 is 9.47 Å². The number of nitrogens with zero attached hydrogens (tertiary/aromatic N) is 4. The summed E-state index contributed by atoms with van der Waals surface area (Å²) in [5.41, 5.74) is 0.451. The molecule has 4 nitrogen and oxygen atoms in total. The molecule has 1 aliphatic heterocycles. The number of benzene rings is 1. The fourth-order valence-corrected chi connectivity index (χ4v) is 3.92. The number of alkyl halides is 3. The SMILES string of the molecule is CN(Cc1cccc2cnccc12)C[C@H]1CCc2nc(C(F)(F)F)cn2C1. The van der Waals surface area contributed by atoms with Gasteiger partial charge in [0, 0.05) is 50.0 Å². The van der Waals surface area contributed by atoms with E-state index in [1.54, 1.807) is 10.8 Å². The molecule has 3 aromatic rings. The van der Waals surface area contributed by atoms with Crippen LogP contribution in [0.3, 0.4) is 0 Å². The minimum Gasteiger partial charge on any atom is -0.334 e. The van der Waals surface area contributed by atoms with Gasteiger partial charge in [-0.1, -0.05) is 18.2 Å². The summed E-state index contributed by atoms with van der Waals surface area (Å²) >= 11 is 0. The third-order valence-corrected chi connectivity index (χ3v) is 5.16. The number of aryl methyl sites for hydroxylation is 1. The Kier molecular flexibility index (Phi) is 4.63. The van der Waals surface area contributed by atoms with E-state index in [0.717, 1.165) is 31.1 Å². The van der Waals surface area contributed by atoms with E-state index in [0.29, 0.717) is 24.7 Å². The zero-order valence-corrected chi connectivity index (χ0v) is 15.1. The fourth-order valence-electron chi connectivity index (χ4n) is 3.92. The zero-order valence-electron chi connectivity index (χ0n) is 15.1. The average molecular weight is 374 g/mol. The second kappa shape index (κ2) is 6.96. The Balaban J connectivity index is 1.43. The maximum absolute atomic E-state index is 12.9. The number of aromatic nitrogens is 3. The van der Waals surface area contributed by atoms with E-state index < -0.39 is 11.9 Å². The number of fused-ring (bicyclic) bond motifs is 2. The van der Waals surface area contributed by atoms with Crippen molar-refractivity contribution in [1.29, 1.82) is 0 Å². The van der Waals surface area contributed by atoms with Crippen LogP contribution in [-0.4, -0.2) is 33.0 Å². The molecule has 7 heteroatoms. The molecule has 0 saturated heterocycles. The third-order valence-electron chi connectivity index (χ3n) is 5.16. The van der Waals surface area contributed by atoms with E-state index in [1.807, 2.05) is 24.4 Å². The Morgan fingerprint density at radius 3 is 2.93 bits per heavy atom. The van der Waals surface area contributed by atoms with Crippen LogP contribution >= 0.6 is 0 Å². The predicted octanol–water partition coefficient (Wildman–Crippen LogP) is 4.14. The quantitative estimate of drug-likeness (QED) is 0.688. The van der Waals surface area contributed by atoms with Gasteiger partial charge in [0.2, 0.25) is 0 Å². The van der Waals surface area contributed by atoms with Crippen molar-refractivity contribution in [1.82, 2.24) is 19.4 Å². The van der Waals surface area contributed by atoms with Crippen molar-refractivity contribution in [2.45, 2.75) is 32.1 Å². The molecule has 1 aliphatic rings. The second-order valence-corrected chi connectivity index (χ2v) is 7.31. The number of rotatable bonds is 4. The average Bonchev–Trinajstić information content (AvgIpc) is 3.06. The van der Waals surface area contributed by atoms with Crippen LogP contribution < -0.4 is 0 Å². The first-order valence-electron chi connectivity index (χ1n) is 9.03. The lowest BCUT2D eigenvalue weighted by molar-refractivity contribution is -0.141. The van der Waals surface area contributed by atoms with Gasteiger partial charge >= 0.3 is 6.18 Å². The predicted molar refractivity (Wildman–Crippen MR) is 97.1 cm³/mol. The number of pyridine rings is 1. The van der Waals surface area contributed by atoms with Crippen LogP contribution in [0, 0.1) is 5.92 Å². The summed E-state index contributed by atoms with van der Waals surface area (Å²) in [4.78, 5) is 10.2. The Morgan fingerprint density at radius 2 is 2.11 bits per heavy atom. The van der Waals surface area contributed by atoms with Crippen molar-refractivity contribution < 1.29 is 13.2 Å². The summed E-state index contributed by atoms with van der Waals surface area (Å²) in [6.07, 6.45) is 1.89. The van der Waals surface area contributed by atoms with Crippen molar-refractivity contribution in [3.63, 3.8) is 0 Å². The van der Waals surface area contributed by atoms with Gasteiger partial charge in [-0.15, -0.1) is 0 Å². The van der Waals surface area contributed by atoms with Crippen LogP contribution in [0.5, 0.6) is 0 Å². The highest BCUT2D eigenvalue weighted by molar-refractivity contribution is 5.84. The fraction of sp³-hybridized carbons (Fsp3) is 0.400. The third kappa shape index (κ3) is 3.83. The van der Waals surface area contributed by atoms with Gasteiger partial charge in [0.1, 0.15) is 5.82 Å². The first kappa shape index (κ1) is 18.0. The van der Waals surface area contributed by atoms with Crippen molar-refractivity contribution in [3.8, 4) is 0 Å². The number of hydrogen-bond acceptors (Lipinski definition) is 3. The first-order valence-corrected chi connectivity index (χ1v) is 9.03. The van der Waals surface area contributed by atoms with Gasteiger partial charge in [0.25, 0.3) is 0 Å². The molecule has 0 unspecified atom stereocenters. The normalized spacial score (nSPS) is 17.4. The molecule has 0 N–H and O–H groups in total. The number of hydrogen-bond donors (Lipinski definition) is 0. The molecular weight excluding hydrogens is 353 g/mol. The molecule has 0 spiro atoms. The molecule has 3 heterocycles. The standard InChI is InChI=1S/C20H21F3N4/c1-26(12-16-4-2-3-15-9-24-8-7-17(15)16)10-14-5-6-19-25-18(20(21,22)23)13-27(19)11-14/h2-4,7-9,13-14H,5-6,10-12H2,1H3/t14-/m1/s1. The highest BCUT2D eigenvalue weighted by atomic mass is 19.4. The van der Waals surface area contributed by atoms with Crippen molar-refractivity contribution in [2.75, 3.05) is 13.6 Å². The smallest absolute Gasteiger partial charge is 0.334 e. The molecule has 0 radical (unpaired) electrons. The topological polar surface area (TPSA) is 34.0 Å². The molecule has 1 atom stereocenters. The van der Waals surface area contributed by atoms with Crippen LogP contribution in [0.15, 0.2) is 42.9 Å². The summed E-state index contributed by atoms with van der Waals surface area (Å²) < 4.78 is 40.3. The number of halogens is 3. The van der Waals surface area contributed by atoms with Gasteiger partial charge in [-0.2, -0.15) is 13.2 Å². The second-order valence-electron chi connectivity index (χ2n) is 7.31. The van der Waals surface area contributed by atoms with E-state index in [1.165, 1.54) is 10.9 Å².